The van der Waals surface area contributed by atoms with E-state index in [0.717, 1.165) is 52.8 Å². The van der Waals surface area contributed by atoms with Crippen molar-refractivity contribution >= 4 is 17.6 Å². The minimum absolute atomic E-state index is 0.0584. The van der Waals surface area contributed by atoms with Gasteiger partial charge in [-0.2, -0.15) is 5.10 Å². The van der Waals surface area contributed by atoms with Crippen LogP contribution < -0.4 is 10.6 Å². The molecule has 2 aliphatic rings. The lowest BCUT2D eigenvalue weighted by molar-refractivity contribution is 0.351. The van der Waals surface area contributed by atoms with Crippen molar-refractivity contribution in [2.75, 3.05) is 26.0 Å². The summed E-state index contributed by atoms with van der Waals surface area (Å²) in [7, 11) is 4.20. The summed E-state index contributed by atoms with van der Waals surface area (Å²) in [6.45, 7) is 3.59. The van der Waals surface area contributed by atoms with E-state index < -0.39 is 0 Å². The van der Waals surface area contributed by atoms with Crippen LogP contribution in [0.5, 0.6) is 0 Å². The number of nitrogens with zero attached hydrogens (tertiary/aromatic N) is 5. The van der Waals surface area contributed by atoms with E-state index in [0.29, 0.717) is 6.54 Å². The highest BCUT2D eigenvalue weighted by Crippen LogP contribution is 2.30. The number of aryl methyl sites for hydroxylation is 1. The predicted molar refractivity (Wildman–Crippen MR) is 137 cm³/mol. The molecule has 0 radical (unpaired) electrons. The van der Waals surface area contributed by atoms with Crippen LogP contribution in [0.15, 0.2) is 65.9 Å². The van der Waals surface area contributed by atoms with E-state index in [2.05, 4.69) is 76.1 Å². The molecule has 2 aromatic heterocycles. The number of aromatic nitrogens is 3. The molecule has 1 unspecified atom stereocenters. The van der Waals surface area contributed by atoms with Gasteiger partial charge in [-0.15, -0.1) is 0 Å². The topological polar surface area (TPSA) is 84.5 Å². The first kappa shape index (κ1) is 21.9. The largest absolute Gasteiger partial charge is 0.378 e. The molecule has 0 saturated carbocycles. The van der Waals surface area contributed by atoms with E-state index in [9.17, 15) is 0 Å². The standard InChI is InChI=1S/C26H30N8/c1-18-7-6-10-22(30-18)26-25(20-11-12-24-28-17-29-34(24)16-20)31-23(32-26)15-27-21-9-5-4-8-19(21)13-14-33(2)3/h4-12,16-17,24,27H,13-15H2,1-3H3,(H,28,29)(H,31,32). The molecule has 8 nitrogen and oxygen atoms in total. The highest BCUT2D eigenvalue weighted by molar-refractivity contribution is 5.82. The van der Waals surface area contributed by atoms with Crippen LogP contribution in [-0.4, -0.2) is 58.0 Å². The lowest BCUT2D eigenvalue weighted by Crippen LogP contribution is -2.32. The number of pyridine rings is 1. The Morgan fingerprint density at radius 2 is 1.97 bits per heavy atom. The number of likely N-dealkylation sites (N-methyl/N-ethyl adjacent to an activating group) is 1. The van der Waals surface area contributed by atoms with Gasteiger partial charge in [0.25, 0.3) is 0 Å². The van der Waals surface area contributed by atoms with Crippen LogP contribution in [0.3, 0.4) is 0 Å². The Morgan fingerprint density at radius 3 is 2.82 bits per heavy atom. The molecule has 0 amide bonds. The molecule has 4 heterocycles. The smallest absolute Gasteiger partial charge is 0.140 e. The molecule has 0 spiro atoms. The number of fused-ring (bicyclic) bond motifs is 1. The Labute approximate surface area is 200 Å². The molecular weight excluding hydrogens is 424 g/mol. The van der Waals surface area contributed by atoms with E-state index in [1.54, 1.807) is 6.34 Å². The van der Waals surface area contributed by atoms with Crippen molar-refractivity contribution in [1.29, 1.82) is 0 Å². The third-order valence-corrected chi connectivity index (χ3v) is 5.91. The molecule has 3 N–H and O–H groups in total. The average molecular weight is 455 g/mol. The second kappa shape index (κ2) is 9.52. The first-order chi connectivity index (χ1) is 16.6. The molecule has 5 rings (SSSR count). The van der Waals surface area contributed by atoms with Crippen LogP contribution >= 0.6 is 0 Å². The fourth-order valence-electron chi connectivity index (χ4n) is 4.12. The van der Waals surface area contributed by atoms with Gasteiger partial charge in [-0.3, -0.25) is 4.98 Å². The van der Waals surface area contributed by atoms with Crippen molar-refractivity contribution in [3.63, 3.8) is 0 Å². The number of hydrogen-bond acceptors (Lipinski definition) is 7. The van der Waals surface area contributed by atoms with Gasteiger partial charge in [0, 0.05) is 29.7 Å². The van der Waals surface area contributed by atoms with Crippen molar-refractivity contribution in [3.8, 4) is 11.4 Å². The lowest BCUT2D eigenvalue weighted by Gasteiger charge is -2.21. The highest BCUT2D eigenvalue weighted by atomic mass is 15.6. The van der Waals surface area contributed by atoms with Gasteiger partial charge in [0.05, 0.1) is 23.6 Å². The first-order valence-electron chi connectivity index (χ1n) is 11.5. The van der Waals surface area contributed by atoms with Crippen molar-refractivity contribution in [2.45, 2.75) is 26.1 Å². The molecule has 0 saturated heterocycles. The van der Waals surface area contributed by atoms with Gasteiger partial charge in [0.2, 0.25) is 0 Å². The first-order valence-corrected chi connectivity index (χ1v) is 11.5. The number of benzene rings is 1. The summed E-state index contributed by atoms with van der Waals surface area (Å²) in [6, 6.07) is 14.5. The molecular formula is C26H30N8. The molecule has 8 heteroatoms. The lowest BCUT2D eigenvalue weighted by atomic mass is 10.1. The zero-order valence-corrected chi connectivity index (χ0v) is 19.8. The quantitative estimate of drug-likeness (QED) is 0.483. The maximum atomic E-state index is 4.99. The van der Waals surface area contributed by atoms with Gasteiger partial charge in [-0.25, -0.2) is 9.99 Å². The van der Waals surface area contributed by atoms with Crippen LogP contribution in [0.2, 0.25) is 0 Å². The number of H-pyrrole nitrogens is 1. The van der Waals surface area contributed by atoms with Gasteiger partial charge >= 0.3 is 0 Å². The van der Waals surface area contributed by atoms with Crippen molar-refractivity contribution in [2.24, 2.45) is 5.10 Å². The molecule has 2 aliphatic heterocycles. The molecule has 0 aliphatic carbocycles. The number of nitrogens with one attached hydrogen (secondary N) is 3. The Bertz CT molecular complexity index is 1250. The summed E-state index contributed by atoms with van der Waals surface area (Å²) in [5.41, 5.74) is 7.04. The minimum atomic E-state index is 0.0584. The summed E-state index contributed by atoms with van der Waals surface area (Å²) < 4.78 is 0. The van der Waals surface area contributed by atoms with Crippen LogP contribution in [0.4, 0.5) is 5.69 Å². The summed E-state index contributed by atoms with van der Waals surface area (Å²) in [5.74, 6) is 0.857. The van der Waals surface area contributed by atoms with E-state index >= 15 is 0 Å². The third-order valence-electron chi connectivity index (χ3n) is 5.91. The normalized spacial score (nSPS) is 16.5. The molecule has 1 atom stereocenters. The van der Waals surface area contributed by atoms with E-state index in [-0.39, 0.29) is 6.17 Å². The van der Waals surface area contributed by atoms with Crippen molar-refractivity contribution < 1.29 is 0 Å². The van der Waals surface area contributed by atoms with E-state index in [1.807, 2.05) is 36.3 Å². The highest BCUT2D eigenvalue weighted by Gasteiger charge is 2.23. The number of hydrazone groups is 1. The van der Waals surface area contributed by atoms with E-state index in [1.165, 1.54) is 5.56 Å². The Hall–Kier alpha value is -3.91. The monoisotopic (exact) mass is 454 g/mol. The molecule has 1 aromatic carbocycles. The number of para-hydroxylation sites is 1. The zero-order chi connectivity index (χ0) is 23.5. The molecule has 3 aromatic rings. The van der Waals surface area contributed by atoms with Crippen molar-refractivity contribution in [1.82, 2.24) is 30.2 Å². The molecule has 34 heavy (non-hydrogen) atoms. The van der Waals surface area contributed by atoms with Crippen LogP contribution in [-0.2, 0) is 13.0 Å². The van der Waals surface area contributed by atoms with Gasteiger partial charge in [-0.1, -0.05) is 30.3 Å². The predicted octanol–water partition coefficient (Wildman–Crippen LogP) is 3.58. The fourth-order valence-corrected chi connectivity index (χ4v) is 4.12. The maximum absolute atomic E-state index is 4.99. The van der Waals surface area contributed by atoms with Gasteiger partial charge in [0.1, 0.15) is 18.3 Å². The van der Waals surface area contributed by atoms with Crippen molar-refractivity contribution in [3.05, 3.63) is 83.6 Å². The number of allylic oxidation sites excluding steroid dienone is 2. The third kappa shape index (κ3) is 4.72. The number of rotatable bonds is 8. The SMILES string of the molecule is Cc1cccc(-c2[nH]c(CNc3ccccc3CCN(C)C)nc2C2=CN3N=CNC3C=C2)n1. The zero-order valence-electron chi connectivity index (χ0n) is 19.8. The average Bonchev–Trinajstić information content (AvgIpc) is 3.48. The second-order valence-corrected chi connectivity index (χ2v) is 8.81. The number of anilines is 1. The summed E-state index contributed by atoms with van der Waals surface area (Å²) in [6.07, 6.45) is 8.95. The van der Waals surface area contributed by atoms with Gasteiger partial charge in [0.15, 0.2) is 0 Å². The van der Waals surface area contributed by atoms with Gasteiger partial charge < -0.3 is 20.5 Å². The summed E-state index contributed by atoms with van der Waals surface area (Å²) in [5, 5.41) is 13.1. The molecule has 0 bridgehead atoms. The Morgan fingerprint density at radius 1 is 1.09 bits per heavy atom. The Kier molecular flexibility index (Phi) is 6.14. The van der Waals surface area contributed by atoms with Crippen LogP contribution in [0.1, 0.15) is 22.8 Å². The van der Waals surface area contributed by atoms with Gasteiger partial charge in [-0.05, 0) is 57.3 Å². The number of aromatic amines is 1. The summed E-state index contributed by atoms with van der Waals surface area (Å²) in [4.78, 5) is 15.5. The van der Waals surface area contributed by atoms with Crippen LogP contribution in [0.25, 0.3) is 17.0 Å². The maximum Gasteiger partial charge on any atom is 0.140 e. The minimum Gasteiger partial charge on any atom is -0.378 e. The number of imidazole rings is 1. The summed E-state index contributed by atoms with van der Waals surface area (Å²) >= 11 is 0. The number of hydrogen-bond donors (Lipinski definition) is 3. The van der Waals surface area contributed by atoms with E-state index in [4.69, 9.17) is 9.97 Å². The van der Waals surface area contributed by atoms with Crippen LogP contribution in [0, 0.1) is 6.92 Å². The fraction of sp³-hybridized carbons (Fsp3) is 0.269. The Balaban J connectivity index is 1.44. The molecule has 174 valence electrons. The second-order valence-electron chi connectivity index (χ2n) is 8.81. The molecule has 0 fully saturated rings.